The van der Waals surface area contributed by atoms with Gasteiger partial charge in [-0.1, -0.05) is 0 Å². The van der Waals surface area contributed by atoms with Crippen LogP contribution in [-0.4, -0.2) is 19.6 Å². The minimum Gasteiger partial charge on any atom is -0.356 e. The molecule has 0 spiro atoms. The van der Waals surface area contributed by atoms with Crippen molar-refractivity contribution in [2.75, 3.05) is 13.6 Å². The van der Waals surface area contributed by atoms with Gasteiger partial charge >= 0.3 is 0 Å². The van der Waals surface area contributed by atoms with Gasteiger partial charge < -0.3 is 10.6 Å². The number of guanidine groups is 1. The number of halogens is 1. The Bertz CT molecular complexity index is 515. The molecule has 0 atom stereocenters. The Labute approximate surface area is 112 Å². The molecule has 1 aliphatic rings. The quantitative estimate of drug-likeness (QED) is 0.640. The Morgan fingerprint density at radius 2 is 2.26 bits per heavy atom. The SMILES string of the molecule is CN=C(NCc1cc(C#N)ccc1F)NCC1CC1. The van der Waals surface area contributed by atoms with Gasteiger partial charge in [-0.3, -0.25) is 4.99 Å². The normalized spacial score (nSPS) is 14.9. The van der Waals surface area contributed by atoms with Crippen molar-refractivity contribution in [3.63, 3.8) is 0 Å². The van der Waals surface area contributed by atoms with Gasteiger partial charge in [0.25, 0.3) is 0 Å². The van der Waals surface area contributed by atoms with Crippen molar-refractivity contribution in [1.82, 2.24) is 10.6 Å². The van der Waals surface area contributed by atoms with Crippen LogP contribution >= 0.6 is 0 Å². The third-order valence-electron chi connectivity index (χ3n) is 3.10. The molecule has 4 nitrogen and oxygen atoms in total. The maximum atomic E-state index is 13.6. The van der Waals surface area contributed by atoms with E-state index in [2.05, 4.69) is 15.6 Å². The Morgan fingerprint density at radius 3 is 2.89 bits per heavy atom. The predicted octanol–water partition coefficient (Wildman–Crippen LogP) is 1.77. The van der Waals surface area contributed by atoms with Gasteiger partial charge in [-0.2, -0.15) is 5.26 Å². The average molecular weight is 260 g/mol. The van der Waals surface area contributed by atoms with Crippen LogP contribution in [-0.2, 0) is 6.54 Å². The second-order valence-electron chi connectivity index (χ2n) is 4.67. The van der Waals surface area contributed by atoms with Gasteiger partial charge in [0.15, 0.2) is 5.96 Å². The molecule has 100 valence electrons. The highest BCUT2D eigenvalue weighted by molar-refractivity contribution is 5.79. The Balaban J connectivity index is 1.91. The smallest absolute Gasteiger partial charge is 0.191 e. The molecular formula is C14H17FN4. The summed E-state index contributed by atoms with van der Waals surface area (Å²) in [4.78, 5) is 4.08. The molecule has 1 aliphatic carbocycles. The molecule has 1 aromatic carbocycles. The first-order valence-corrected chi connectivity index (χ1v) is 6.36. The largest absolute Gasteiger partial charge is 0.356 e. The Morgan fingerprint density at radius 1 is 1.47 bits per heavy atom. The van der Waals surface area contributed by atoms with E-state index < -0.39 is 0 Å². The molecule has 19 heavy (non-hydrogen) atoms. The van der Waals surface area contributed by atoms with Crippen LogP contribution < -0.4 is 10.6 Å². The number of hydrogen-bond donors (Lipinski definition) is 2. The summed E-state index contributed by atoms with van der Waals surface area (Å²) in [6, 6.07) is 6.34. The summed E-state index contributed by atoms with van der Waals surface area (Å²) in [5.74, 6) is 1.09. The van der Waals surface area contributed by atoms with Crippen LogP contribution in [0.25, 0.3) is 0 Å². The third kappa shape index (κ3) is 3.95. The van der Waals surface area contributed by atoms with E-state index in [1.165, 1.54) is 25.0 Å². The van der Waals surface area contributed by atoms with E-state index in [1.807, 2.05) is 6.07 Å². The average Bonchev–Trinajstić information content (AvgIpc) is 3.25. The van der Waals surface area contributed by atoms with Gasteiger partial charge in [0, 0.05) is 25.7 Å². The molecule has 0 amide bonds. The minimum absolute atomic E-state index is 0.311. The van der Waals surface area contributed by atoms with E-state index in [4.69, 9.17) is 5.26 Å². The van der Waals surface area contributed by atoms with E-state index in [1.54, 1.807) is 13.1 Å². The first kappa shape index (κ1) is 13.3. The van der Waals surface area contributed by atoms with E-state index in [0.717, 1.165) is 12.5 Å². The molecule has 5 heteroatoms. The highest BCUT2D eigenvalue weighted by atomic mass is 19.1. The predicted molar refractivity (Wildman–Crippen MR) is 72.0 cm³/mol. The lowest BCUT2D eigenvalue weighted by atomic mass is 10.1. The molecule has 0 saturated heterocycles. The molecule has 1 saturated carbocycles. The van der Waals surface area contributed by atoms with Crippen molar-refractivity contribution in [3.8, 4) is 6.07 Å². The van der Waals surface area contributed by atoms with Crippen LogP contribution in [0, 0.1) is 23.1 Å². The van der Waals surface area contributed by atoms with Gasteiger partial charge in [-0.05, 0) is 37.0 Å². The third-order valence-corrected chi connectivity index (χ3v) is 3.10. The molecule has 0 aliphatic heterocycles. The summed E-state index contributed by atoms with van der Waals surface area (Å²) in [5.41, 5.74) is 0.924. The van der Waals surface area contributed by atoms with Crippen molar-refractivity contribution < 1.29 is 4.39 Å². The second-order valence-corrected chi connectivity index (χ2v) is 4.67. The summed E-state index contributed by atoms with van der Waals surface area (Å²) in [6.45, 7) is 1.21. The molecule has 0 bridgehead atoms. The zero-order valence-corrected chi connectivity index (χ0v) is 10.9. The summed E-state index contributed by atoms with van der Waals surface area (Å²) in [6.07, 6.45) is 2.53. The monoisotopic (exact) mass is 260 g/mol. The maximum absolute atomic E-state index is 13.6. The summed E-state index contributed by atoms with van der Waals surface area (Å²) < 4.78 is 13.6. The molecule has 0 heterocycles. The second kappa shape index (κ2) is 6.19. The Hall–Kier alpha value is -2.09. The van der Waals surface area contributed by atoms with Gasteiger partial charge in [0.2, 0.25) is 0 Å². The first-order valence-electron chi connectivity index (χ1n) is 6.36. The first-order chi connectivity index (χ1) is 9.22. The van der Waals surface area contributed by atoms with E-state index >= 15 is 0 Å². The molecule has 2 N–H and O–H groups in total. The Kier molecular flexibility index (Phi) is 4.35. The fourth-order valence-corrected chi connectivity index (χ4v) is 1.74. The minimum atomic E-state index is -0.316. The molecule has 1 fully saturated rings. The van der Waals surface area contributed by atoms with Gasteiger partial charge in [-0.15, -0.1) is 0 Å². The number of nitriles is 1. The lowest BCUT2D eigenvalue weighted by Gasteiger charge is -2.12. The van der Waals surface area contributed by atoms with Crippen molar-refractivity contribution in [2.24, 2.45) is 10.9 Å². The van der Waals surface area contributed by atoms with Gasteiger partial charge in [0.05, 0.1) is 11.6 Å². The van der Waals surface area contributed by atoms with Crippen LogP contribution in [0.2, 0.25) is 0 Å². The van der Waals surface area contributed by atoms with Crippen LogP contribution in [0.4, 0.5) is 4.39 Å². The highest BCUT2D eigenvalue weighted by Crippen LogP contribution is 2.27. The van der Waals surface area contributed by atoms with Crippen molar-refractivity contribution in [1.29, 1.82) is 5.26 Å². The lowest BCUT2D eigenvalue weighted by molar-refractivity contribution is 0.604. The van der Waals surface area contributed by atoms with Crippen LogP contribution in [0.3, 0.4) is 0 Å². The van der Waals surface area contributed by atoms with Gasteiger partial charge in [0.1, 0.15) is 5.82 Å². The van der Waals surface area contributed by atoms with Crippen molar-refractivity contribution >= 4 is 5.96 Å². The van der Waals surface area contributed by atoms with Crippen molar-refractivity contribution in [2.45, 2.75) is 19.4 Å². The van der Waals surface area contributed by atoms with Gasteiger partial charge in [-0.25, -0.2) is 4.39 Å². The number of nitrogens with zero attached hydrogens (tertiary/aromatic N) is 2. The molecule has 2 rings (SSSR count). The van der Waals surface area contributed by atoms with Crippen LogP contribution in [0.1, 0.15) is 24.0 Å². The standard InChI is InChI=1S/C14H17FN4/c1-17-14(18-8-10-2-3-10)19-9-12-6-11(7-16)4-5-13(12)15/h4-6,10H,2-3,8-9H2,1H3,(H2,17,18,19). The zero-order valence-electron chi connectivity index (χ0n) is 10.9. The topological polar surface area (TPSA) is 60.2 Å². The fourth-order valence-electron chi connectivity index (χ4n) is 1.74. The van der Waals surface area contributed by atoms with E-state index in [9.17, 15) is 4.39 Å². The highest BCUT2D eigenvalue weighted by Gasteiger charge is 2.21. The number of aliphatic imine (C=N–C) groups is 1. The van der Waals surface area contributed by atoms with Crippen LogP contribution in [0.15, 0.2) is 23.2 Å². The fraction of sp³-hybridized carbons (Fsp3) is 0.429. The van der Waals surface area contributed by atoms with E-state index in [0.29, 0.717) is 23.6 Å². The molecule has 0 unspecified atom stereocenters. The number of benzene rings is 1. The number of hydrogen-bond acceptors (Lipinski definition) is 2. The summed E-state index contributed by atoms with van der Waals surface area (Å²) in [5, 5.41) is 15.1. The maximum Gasteiger partial charge on any atom is 0.191 e. The zero-order chi connectivity index (χ0) is 13.7. The molecule has 1 aromatic rings. The van der Waals surface area contributed by atoms with Crippen molar-refractivity contribution in [3.05, 3.63) is 35.1 Å². The lowest BCUT2D eigenvalue weighted by Crippen LogP contribution is -2.38. The van der Waals surface area contributed by atoms with Crippen LogP contribution in [0.5, 0.6) is 0 Å². The van der Waals surface area contributed by atoms with E-state index in [-0.39, 0.29) is 5.82 Å². The molecular weight excluding hydrogens is 243 g/mol. The molecule has 0 radical (unpaired) electrons. The summed E-state index contributed by atoms with van der Waals surface area (Å²) >= 11 is 0. The number of nitrogens with one attached hydrogen (secondary N) is 2. The number of rotatable bonds is 4. The summed E-state index contributed by atoms with van der Waals surface area (Å²) in [7, 11) is 1.68. The molecule has 0 aromatic heterocycles.